The molecule has 3 N–H and O–H groups in total. The van der Waals surface area contributed by atoms with Crippen LogP contribution in [0.5, 0.6) is 5.75 Å². The van der Waals surface area contributed by atoms with Gasteiger partial charge in [0, 0.05) is 18.7 Å². The molecule has 5 nitrogen and oxygen atoms in total. The highest BCUT2D eigenvalue weighted by atomic mass is 35.5. The molecule has 2 aromatic rings. The number of carbonyl (C=O) groups is 1. The summed E-state index contributed by atoms with van der Waals surface area (Å²) in [4.78, 5) is 15.9. The van der Waals surface area contributed by atoms with E-state index in [-0.39, 0.29) is 11.6 Å². The minimum Gasteiger partial charge on any atom is -0.496 e. The van der Waals surface area contributed by atoms with Gasteiger partial charge in [-0.25, -0.2) is 0 Å². The van der Waals surface area contributed by atoms with Gasteiger partial charge in [-0.1, -0.05) is 41.4 Å². The zero-order valence-electron chi connectivity index (χ0n) is 17.7. The maximum Gasteiger partial charge on any atom is 0.256 e. The van der Waals surface area contributed by atoms with E-state index in [2.05, 4.69) is 41.4 Å². The summed E-state index contributed by atoms with van der Waals surface area (Å²) in [5, 5.41) is 3.75. The quantitative estimate of drug-likeness (QED) is 0.665. The fraction of sp³-hybridized carbons (Fsp3) is 0.458. The van der Waals surface area contributed by atoms with E-state index < -0.39 is 0 Å². The van der Waals surface area contributed by atoms with Gasteiger partial charge in [0.1, 0.15) is 5.75 Å². The summed E-state index contributed by atoms with van der Waals surface area (Å²) in [5.41, 5.74) is 8.91. The van der Waals surface area contributed by atoms with E-state index >= 15 is 0 Å². The van der Waals surface area contributed by atoms with Crippen molar-refractivity contribution in [3.05, 3.63) is 58.1 Å². The number of hydrogen-bond donors (Lipinski definition) is 2. The highest BCUT2D eigenvalue weighted by Crippen LogP contribution is 2.42. The molecule has 0 aromatic heterocycles. The molecule has 2 bridgehead atoms. The van der Waals surface area contributed by atoms with E-state index in [1.165, 1.54) is 24.0 Å². The first-order chi connectivity index (χ1) is 14.4. The van der Waals surface area contributed by atoms with Crippen LogP contribution in [0.4, 0.5) is 5.69 Å². The molecule has 6 heteroatoms. The van der Waals surface area contributed by atoms with Gasteiger partial charge in [0.15, 0.2) is 0 Å². The molecule has 30 heavy (non-hydrogen) atoms. The lowest BCUT2D eigenvalue weighted by Crippen LogP contribution is -2.67. The molecule has 2 fully saturated rings. The normalized spacial score (nSPS) is 23.8. The molecule has 0 radical (unpaired) electrons. The molecule has 0 spiro atoms. The second kappa shape index (κ2) is 8.48. The summed E-state index contributed by atoms with van der Waals surface area (Å²) >= 11 is 6.21. The molecule has 2 saturated heterocycles. The van der Waals surface area contributed by atoms with Gasteiger partial charge in [0.05, 0.1) is 29.0 Å². The number of nitrogens with two attached hydrogens (primary N) is 1. The van der Waals surface area contributed by atoms with Crippen LogP contribution in [0, 0.1) is 6.92 Å². The average molecular weight is 428 g/mol. The molecule has 2 aliphatic rings. The number of rotatable bonds is 5. The Morgan fingerprint density at radius 2 is 1.90 bits per heavy atom. The maximum absolute atomic E-state index is 13.4. The standard InChI is InChI=1S/C24H30ClN3O2/c1-16-7-9-17(10-8-16)15-28-18-5-3-11-24(28,12-4-6-18)27-23(29)19-13-20(25)21(26)14-22(19)30-2/h7-10,13-14,18H,3-6,11-12,15,26H2,1-2H3,(H,27,29). The van der Waals surface area contributed by atoms with Crippen LogP contribution < -0.4 is 15.8 Å². The molecule has 1 amide bonds. The number of nitrogens with one attached hydrogen (secondary N) is 1. The second-order valence-corrected chi connectivity index (χ2v) is 9.02. The molecule has 2 heterocycles. The SMILES string of the molecule is COc1cc(N)c(Cl)cc1C(=O)NC12CCCC(CCC1)N2Cc1ccc(C)cc1. The third-order valence-corrected chi connectivity index (χ3v) is 6.96. The molecule has 0 saturated carbocycles. The van der Waals surface area contributed by atoms with Gasteiger partial charge in [-0.15, -0.1) is 0 Å². The van der Waals surface area contributed by atoms with Crippen LogP contribution in [-0.4, -0.2) is 29.6 Å². The summed E-state index contributed by atoms with van der Waals surface area (Å²) in [6, 6.07) is 12.4. The zero-order valence-corrected chi connectivity index (χ0v) is 18.5. The number of anilines is 1. The summed E-state index contributed by atoms with van der Waals surface area (Å²) in [6.07, 6.45) is 6.50. The zero-order chi connectivity index (χ0) is 21.3. The van der Waals surface area contributed by atoms with Crippen molar-refractivity contribution in [3.63, 3.8) is 0 Å². The van der Waals surface area contributed by atoms with Gasteiger partial charge in [0.2, 0.25) is 0 Å². The number of piperidine rings is 2. The van der Waals surface area contributed by atoms with Crippen molar-refractivity contribution in [2.24, 2.45) is 0 Å². The molecule has 0 unspecified atom stereocenters. The van der Waals surface area contributed by atoms with E-state index in [9.17, 15) is 4.79 Å². The number of nitrogen functional groups attached to an aromatic ring is 1. The predicted octanol–water partition coefficient (Wildman–Crippen LogP) is 4.90. The minimum atomic E-state index is -0.345. The highest BCUT2D eigenvalue weighted by Gasteiger charge is 2.47. The van der Waals surface area contributed by atoms with Gasteiger partial charge in [-0.3, -0.25) is 9.69 Å². The van der Waals surface area contributed by atoms with Gasteiger partial charge < -0.3 is 15.8 Å². The first-order valence-corrected chi connectivity index (χ1v) is 11.1. The van der Waals surface area contributed by atoms with Gasteiger partial charge >= 0.3 is 0 Å². The fourth-order valence-electron chi connectivity index (χ4n) is 5.04. The topological polar surface area (TPSA) is 67.6 Å². The number of benzene rings is 2. The maximum atomic E-state index is 13.4. The summed E-state index contributed by atoms with van der Waals surface area (Å²) in [7, 11) is 1.54. The molecular weight excluding hydrogens is 398 g/mol. The van der Waals surface area contributed by atoms with Crippen LogP contribution in [-0.2, 0) is 6.54 Å². The fourth-order valence-corrected chi connectivity index (χ4v) is 5.20. The Kier molecular flexibility index (Phi) is 5.94. The van der Waals surface area contributed by atoms with Crippen LogP contribution in [0.2, 0.25) is 5.02 Å². The molecule has 2 aliphatic heterocycles. The van der Waals surface area contributed by atoms with Crippen molar-refractivity contribution in [1.29, 1.82) is 0 Å². The Labute approximate surface area is 183 Å². The van der Waals surface area contributed by atoms with Crippen molar-refractivity contribution in [3.8, 4) is 5.75 Å². The van der Waals surface area contributed by atoms with Crippen LogP contribution in [0.15, 0.2) is 36.4 Å². The highest BCUT2D eigenvalue weighted by molar-refractivity contribution is 6.33. The number of fused-ring (bicyclic) bond motifs is 2. The molecule has 0 atom stereocenters. The van der Waals surface area contributed by atoms with Crippen molar-refractivity contribution in [2.75, 3.05) is 12.8 Å². The molecule has 160 valence electrons. The Morgan fingerprint density at radius 3 is 2.53 bits per heavy atom. The summed E-state index contributed by atoms with van der Waals surface area (Å²) < 4.78 is 5.41. The smallest absolute Gasteiger partial charge is 0.256 e. The van der Waals surface area contributed by atoms with Crippen molar-refractivity contribution >= 4 is 23.2 Å². The summed E-state index contributed by atoms with van der Waals surface area (Å²) in [5.74, 6) is 0.282. The monoisotopic (exact) mass is 427 g/mol. The Morgan fingerprint density at radius 1 is 1.23 bits per heavy atom. The second-order valence-electron chi connectivity index (χ2n) is 8.61. The number of carbonyl (C=O) groups excluding carboxylic acids is 1. The Hall–Kier alpha value is -2.24. The molecular formula is C24H30ClN3O2. The number of ether oxygens (including phenoxy) is 1. The van der Waals surface area contributed by atoms with Gasteiger partial charge in [0.25, 0.3) is 5.91 Å². The van der Waals surface area contributed by atoms with Crippen molar-refractivity contribution in [1.82, 2.24) is 10.2 Å². The number of amides is 1. The lowest BCUT2D eigenvalue weighted by molar-refractivity contribution is -0.0623. The third-order valence-electron chi connectivity index (χ3n) is 6.63. The van der Waals surface area contributed by atoms with Crippen LogP contribution in [0.25, 0.3) is 0 Å². The molecule has 2 aromatic carbocycles. The number of methoxy groups -OCH3 is 1. The number of aryl methyl sites for hydroxylation is 1. The average Bonchev–Trinajstić information content (AvgIpc) is 2.72. The minimum absolute atomic E-state index is 0.162. The van der Waals surface area contributed by atoms with Crippen molar-refractivity contribution < 1.29 is 9.53 Å². The van der Waals surface area contributed by atoms with Crippen molar-refractivity contribution in [2.45, 2.75) is 63.7 Å². The number of nitrogens with zero attached hydrogens (tertiary/aromatic N) is 1. The van der Waals surface area contributed by atoms with Gasteiger partial charge in [-0.05, 0) is 57.1 Å². The predicted molar refractivity (Wildman–Crippen MR) is 121 cm³/mol. The molecule has 4 rings (SSSR count). The van der Waals surface area contributed by atoms with E-state index in [1.807, 2.05) is 0 Å². The lowest BCUT2D eigenvalue weighted by Gasteiger charge is -2.55. The number of halogens is 1. The summed E-state index contributed by atoms with van der Waals surface area (Å²) in [6.45, 7) is 2.94. The van der Waals surface area contributed by atoms with E-state index in [1.54, 1.807) is 19.2 Å². The van der Waals surface area contributed by atoms with Crippen LogP contribution in [0.3, 0.4) is 0 Å². The van der Waals surface area contributed by atoms with E-state index in [0.29, 0.717) is 28.1 Å². The first kappa shape index (κ1) is 21.0. The third kappa shape index (κ3) is 4.01. The molecule has 0 aliphatic carbocycles. The van der Waals surface area contributed by atoms with E-state index in [4.69, 9.17) is 22.1 Å². The van der Waals surface area contributed by atoms with E-state index in [0.717, 1.165) is 32.2 Å². The first-order valence-electron chi connectivity index (χ1n) is 10.7. The van der Waals surface area contributed by atoms with Crippen LogP contribution >= 0.6 is 11.6 Å². The van der Waals surface area contributed by atoms with Crippen LogP contribution in [0.1, 0.15) is 60.0 Å². The Balaban J connectivity index is 1.63. The van der Waals surface area contributed by atoms with Gasteiger partial charge in [-0.2, -0.15) is 0 Å². The lowest BCUT2D eigenvalue weighted by atomic mass is 9.79. The Bertz CT molecular complexity index is 919. The number of hydrogen-bond acceptors (Lipinski definition) is 4. The largest absolute Gasteiger partial charge is 0.496 e.